The molecule has 0 N–H and O–H groups in total. The fraction of sp³-hybridized carbons (Fsp3) is 0.385. The van der Waals surface area contributed by atoms with Crippen LogP contribution in [0.2, 0.25) is 0 Å². The Morgan fingerprint density at radius 2 is 1.88 bits per heavy atom. The van der Waals surface area contributed by atoms with Gasteiger partial charge >= 0.3 is 5.97 Å². The first-order valence-corrected chi connectivity index (χ1v) is 6.26. The summed E-state index contributed by atoms with van der Waals surface area (Å²) < 4.78 is 5.61. The third-order valence-corrected chi connectivity index (χ3v) is 3.13. The summed E-state index contributed by atoms with van der Waals surface area (Å²) in [5.41, 5.74) is 1.14. The molecular weight excluding hydrogens is 252 g/mol. The first kappa shape index (κ1) is 14.2. The predicted molar refractivity (Wildman–Crippen MR) is 76.8 cm³/mol. The van der Waals surface area contributed by atoms with E-state index in [1.807, 2.05) is 38.1 Å². The number of thiol groups is 1. The van der Waals surface area contributed by atoms with Crippen molar-refractivity contribution in [3.8, 4) is 0 Å². The number of hydrogen-bond acceptors (Lipinski definition) is 3. The molecule has 92 valence electrons. The molecule has 0 saturated carbocycles. The summed E-state index contributed by atoms with van der Waals surface area (Å²) in [6.45, 7) is 5.88. The van der Waals surface area contributed by atoms with Crippen molar-refractivity contribution in [2.75, 3.05) is 6.61 Å². The summed E-state index contributed by atoms with van der Waals surface area (Å²) in [6, 6.07) is 7.50. The number of esters is 1. The Kier molecular flexibility index (Phi) is 4.71. The van der Waals surface area contributed by atoms with Crippen molar-refractivity contribution < 1.29 is 9.53 Å². The lowest BCUT2D eigenvalue weighted by atomic mass is 9.84. The summed E-state index contributed by atoms with van der Waals surface area (Å²) in [5, 5.41) is 0. The van der Waals surface area contributed by atoms with Gasteiger partial charge in [0.25, 0.3) is 0 Å². The molecule has 0 amide bonds. The van der Waals surface area contributed by atoms with Crippen LogP contribution in [0.25, 0.3) is 0 Å². The van der Waals surface area contributed by atoms with Crippen molar-refractivity contribution in [1.82, 2.24) is 0 Å². The second kappa shape index (κ2) is 5.65. The van der Waals surface area contributed by atoms with Crippen LogP contribution in [0.4, 0.5) is 0 Å². The highest BCUT2D eigenvalue weighted by molar-refractivity contribution is 8.11. The molecule has 0 spiro atoms. The van der Waals surface area contributed by atoms with Crippen molar-refractivity contribution in [2.45, 2.75) is 26.2 Å². The van der Waals surface area contributed by atoms with Gasteiger partial charge in [0, 0.05) is 0 Å². The Balaban J connectivity index is 2.99. The summed E-state index contributed by atoms with van der Waals surface area (Å²) >= 11 is 9.07. The molecule has 1 aromatic carbocycles. The van der Waals surface area contributed by atoms with Crippen LogP contribution in [0.15, 0.2) is 24.3 Å². The highest BCUT2D eigenvalue weighted by atomic mass is 32.1. The third kappa shape index (κ3) is 3.30. The largest absolute Gasteiger partial charge is 0.465 e. The average Bonchev–Trinajstić information content (AvgIpc) is 2.29. The van der Waals surface area contributed by atoms with Crippen molar-refractivity contribution in [3.63, 3.8) is 0 Å². The molecule has 4 heteroatoms. The molecule has 0 unspecified atom stereocenters. The standard InChI is InChI=1S/C13H16O2S2/c1-4-15-12(14)13(2,3)10-7-5-9(6-8-10)11(16)17/h5-8H,4H2,1-3H3,(H,16,17). The fourth-order valence-corrected chi connectivity index (χ4v) is 1.74. The van der Waals surface area contributed by atoms with E-state index in [9.17, 15) is 4.79 Å². The predicted octanol–water partition coefficient (Wildman–Crippen LogP) is 3.13. The van der Waals surface area contributed by atoms with Crippen LogP contribution in [0.3, 0.4) is 0 Å². The molecule has 1 rings (SSSR count). The Morgan fingerprint density at radius 3 is 2.29 bits per heavy atom. The highest BCUT2D eigenvalue weighted by Crippen LogP contribution is 2.25. The molecule has 0 heterocycles. The van der Waals surface area contributed by atoms with Crippen molar-refractivity contribution >= 4 is 35.0 Å². The van der Waals surface area contributed by atoms with E-state index in [-0.39, 0.29) is 5.97 Å². The lowest BCUT2D eigenvalue weighted by Crippen LogP contribution is -2.31. The smallest absolute Gasteiger partial charge is 0.315 e. The maximum Gasteiger partial charge on any atom is 0.315 e. The number of thiocarbonyl (C=S) groups is 1. The van der Waals surface area contributed by atoms with Gasteiger partial charge in [0.2, 0.25) is 0 Å². The van der Waals surface area contributed by atoms with E-state index >= 15 is 0 Å². The molecule has 2 nitrogen and oxygen atoms in total. The van der Waals surface area contributed by atoms with E-state index < -0.39 is 5.41 Å². The lowest BCUT2D eigenvalue weighted by molar-refractivity contribution is -0.148. The van der Waals surface area contributed by atoms with Crippen molar-refractivity contribution in [1.29, 1.82) is 0 Å². The number of benzene rings is 1. The molecular formula is C13H16O2S2. The monoisotopic (exact) mass is 268 g/mol. The van der Waals surface area contributed by atoms with Crippen LogP contribution < -0.4 is 0 Å². The van der Waals surface area contributed by atoms with Gasteiger partial charge in [0.05, 0.1) is 16.2 Å². The average molecular weight is 268 g/mol. The van der Waals surface area contributed by atoms with Crippen LogP contribution in [0, 0.1) is 0 Å². The first-order valence-electron chi connectivity index (χ1n) is 5.40. The van der Waals surface area contributed by atoms with Gasteiger partial charge in [-0.15, -0.1) is 12.6 Å². The summed E-state index contributed by atoms with van der Waals surface area (Å²) in [4.78, 5) is 11.8. The van der Waals surface area contributed by atoms with Gasteiger partial charge in [-0.25, -0.2) is 0 Å². The van der Waals surface area contributed by atoms with Gasteiger partial charge in [-0.05, 0) is 31.9 Å². The van der Waals surface area contributed by atoms with E-state index in [1.165, 1.54) is 0 Å². The maximum atomic E-state index is 11.8. The second-order valence-corrected chi connectivity index (χ2v) is 5.39. The molecule has 0 aromatic heterocycles. The molecule has 0 saturated heterocycles. The van der Waals surface area contributed by atoms with Gasteiger partial charge in [-0.3, -0.25) is 4.79 Å². The number of carbonyl (C=O) groups excluding carboxylic acids is 1. The van der Waals surface area contributed by atoms with Crippen molar-refractivity contribution in [2.24, 2.45) is 0 Å². The van der Waals surface area contributed by atoms with Crippen LogP contribution in [0.1, 0.15) is 31.9 Å². The quantitative estimate of drug-likeness (QED) is 0.516. The maximum absolute atomic E-state index is 11.8. The molecule has 0 aliphatic carbocycles. The fourth-order valence-electron chi connectivity index (χ4n) is 1.46. The lowest BCUT2D eigenvalue weighted by Gasteiger charge is -2.22. The minimum atomic E-state index is -0.646. The van der Waals surface area contributed by atoms with Crippen molar-refractivity contribution in [3.05, 3.63) is 35.4 Å². The highest BCUT2D eigenvalue weighted by Gasteiger charge is 2.31. The minimum absolute atomic E-state index is 0.221. The summed E-state index contributed by atoms with van der Waals surface area (Å²) in [7, 11) is 0. The SMILES string of the molecule is CCOC(=O)C(C)(C)c1ccc(C(=S)S)cc1. The Bertz CT molecular complexity index is 422. The third-order valence-electron chi connectivity index (χ3n) is 2.64. The minimum Gasteiger partial charge on any atom is -0.465 e. The van der Waals surface area contributed by atoms with Crippen LogP contribution in [-0.4, -0.2) is 16.8 Å². The van der Waals surface area contributed by atoms with Gasteiger partial charge in [-0.2, -0.15) is 0 Å². The van der Waals surface area contributed by atoms with E-state index in [1.54, 1.807) is 6.92 Å². The first-order chi connectivity index (χ1) is 7.89. The number of rotatable bonds is 4. The second-order valence-electron chi connectivity index (χ2n) is 4.23. The summed E-state index contributed by atoms with van der Waals surface area (Å²) in [5.74, 6) is -0.221. The van der Waals surface area contributed by atoms with E-state index in [0.717, 1.165) is 11.1 Å². The zero-order chi connectivity index (χ0) is 13.1. The zero-order valence-electron chi connectivity index (χ0n) is 10.2. The molecule has 0 atom stereocenters. The molecule has 0 aliphatic heterocycles. The Morgan fingerprint density at radius 1 is 1.35 bits per heavy atom. The van der Waals surface area contributed by atoms with Gasteiger partial charge in [0.15, 0.2) is 0 Å². The van der Waals surface area contributed by atoms with Gasteiger partial charge in [-0.1, -0.05) is 36.5 Å². The van der Waals surface area contributed by atoms with E-state index in [4.69, 9.17) is 17.0 Å². The number of carbonyl (C=O) groups is 1. The molecule has 0 bridgehead atoms. The normalized spacial score (nSPS) is 11.1. The Hall–Kier alpha value is -0.870. The van der Waals surface area contributed by atoms with Crippen LogP contribution in [-0.2, 0) is 14.9 Å². The molecule has 0 aliphatic rings. The van der Waals surface area contributed by atoms with E-state index in [2.05, 4.69) is 12.6 Å². The Labute approximate surface area is 113 Å². The summed E-state index contributed by atoms with van der Waals surface area (Å²) in [6.07, 6.45) is 0. The van der Waals surface area contributed by atoms with E-state index in [0.29, 0.717) is 10.8 Å². The topological polar surface area (TPSA) is 26.3 Å². The number of hydrogen-bond donors (Lipinski definition) is 1. The molecule has 1 aromatic rings. The molecule has 0 radical (unpaired) electrons. The van der Waals surface area contributed by atoms with Crippen LogP contribution >= 0.6 is 24.8 Å². The van der Waals surface area contributed by atoms with Gasteiger partial charge in [0.1, 0.15) is 0 Å². The van der Waals surface area contributed by atoms with Crippen LogP contribution in [0.5, 0.6) is 0 Å². The zero-order valence-corrected chi connectivity index (χ0v) is 11.9. The molecule has 17 heavy (non-hydrogen) atoms. The molecule has 0 fully saturated rings. The van der Waals surface area contributed by atoms with Gasteiger partial charge < -0.3 is 4.74 Å². The number of ether oxygens (including phenoxy) is 1.